The minimum atomic E-state index is -3.99. The van der Waals surface area contributed by atoms with Gasteiger partial charge in [-0.25, -0.2) is 8.42 Å². The molecule has 2 N–H and O–H groups in total. The van der Waals surface area contributed by atoms with E-state index < -0.39 is 22.0 Å². The predicted octanol–water partition coefficient (Wildman–Crippen LogP) is 1.86. The van der Waals surface area contributed by atoms with Gasteiger partial charge in [-0.1, -0.05) is 30.0 Å². The van der Waals surface area contributed by atoms with Crippen molar-refractivity contribution in [2.75, 3.05) is 30.7 Å². The van der Waals surface area contributed by atoms with Crippen LogP contribution >= 0.6 is 0 Å². The summed E-state index contributed by atoms with van der Waals surface area (Å²) in [6, 6.07) is 11.9. The van der Waals surface area contributed by atoms with Crippen molar-refractivity contribution in [2.24, 2.45) is 0 Å². The van der Waals surface area contributed by atoms with Gasteiger partial charge in [-0.3, -0.25) is 14.4 Å². The van der Waals surface area contributed by atoms with E-state index in [1.165, 1.54) is 12.1 Å². The number of nitrogens with one attached hydrogen (secondary N) is 1. The van der Waals surface area contributed by atoms with Gasteiger partial charge in [-0.2, -0.15) is 0 Å². The maximum atomic E-state index is 13.4. The van der Waals surface area contributed by atoms with Crippen molar-refractivity contribution < 1.29 is 27.8 Å². The van der Waals surface area contributed by atoms with Crippen LogP contribution in [0.2, 0.25) is 0 Å². The number of carbonyl (C=O) groups is 1. The highest BCUT2D eigenvalue weighted by molar-refractivity contribution is 7.92. The van der Waals surface area contributed by atoms with Crippen molar-refractivity contribution in [3.05, 3.63) is 54.1 Å². The minimum absolute atomic E-state index is 0.0446. The second-order valence-corrected chi connectivity index (χ2v) is 8.55. The van der Waals surface area contributed by atoms with Crippen molar-refractivity contribution >= 4 is 21.7 Å². The molecule has 0 radical (unpaired) electrons. The average Bonchev–Trinajstić information content (AvgIpc) is 2.97. The molecule has 0 spiro atoms. The summed E-state index contributed by atoms with van der Waals surface area (Å²) in [5.74, 6) is 4.99. The normalized spacial score (nSPS) is 15.9. The number of rotatable bonds is 7. The fourth-order valence-corrected chi connectivity index (χ4v) is 4.59. The Morgan fingerprint density at radius 3 is 2.58 bits per heavy atom. The van der Waals surface area contributed by atoms with Crippen molar-refractivity contribution in [1.29, 1.82) is 0 Å². The molecule has 8 nitrogen and oxygen atoms in total. The number of nitrogens with zero attached hydrogens (tertiary/aromatic N) is 1. The van der Waals surface area contributed by atoms with E-state index in [0.717, 1.165) is 4.31 Å². The third-order valence-corrected chi connectivity index (χ3v) is 6.47. The van der Waals surface area contributed by atoms with Crippen LogP contribution in [0.1, 0.15) is 12.5 Å². The van der Waals surface area contributed by atoms with Crippen LogP contribution in [0.4, 0.5) is 5.69 Å². The van der Waals surface area contributed by atoms with E-state index >= 15 is 0 Å². The first-order valence-electron chi connectivity index (χ1n) is 9.76. The molecule has 1 atom stereocenters. The van der Waals surface area contributed by atoms with Crippen LogP contribution in [-0.2, 0) is 26.1 Å². The summed E-state index contributed by atoms with van der Waals surface area (Å²) < 4.78 is 38.5. The molecule has 1 aliphatic heterocycles. The number of carboxylic acid groups (broad SMARTS) is 1. The lowest BCUT2D eigenvalue weighted by molar-refractivity contribution is -0.139. The molecule has 1 aliphatic rings. The zero-order valence-corrected chi connectivity index (χ0v) is 17.9. The standard InChI is InChI=1S/C22H24N2O6S/c1-2-29-13-5-6-14-30-18-9-11-19(12-10-18)31(27,28)24-16-20(22(25)26)23-15-17-7-3-4-8-21(17)24/h3-4,7-12,20,23H,2,13-16H2,1H3,(H,25,26). The van der Waals surface area contributed by atoms with Gasteiger partial charge in [0.25, 0.3) is 10.0 Å². The minimum Gasteiger partial charge on any atom is -0.481 e. The highest BCUT2D eigenvalue weighted by atomic mass is 32.2. The summed E-state index contributed by atoms with van der Waals surface area (Å²) >= 11 is 0. The van der Waals surface area contributed by atoms with E-state index in [4.69, 9.17) is 9.47 Å². The number of sulfonamides is 1. The van der Waals surface area contributed by atoms with Crippen LogP contribution in [0.3, 0.4) is 0 Å². The van der Waals surface area contributed by atoms with Crippen LogP contribution in [0.15, 0.2) is 53.4 Å². The van der Waals surface area contributed by atoms with Gasteiger partial charge >= 0.3 is 5.97 Å². The van der Waals surface area contributed by atoms with Gasteiger partial charge in [-0.05, 0) is 42.8 Å². The molecule has 1 heterocycles. The van der Waals surface area contributed by atoms with Crippen molar-refractivity contribution in [1.82, 2.24) is 5.32 Å². The molecule has 1 unspecified atom stereocenters. The summed E-state index contributed by atoms with van der Waals surface area (Å²) in [5, 5.41) is 12.4. The Morgan fingerprint density at radius 1 is 1.16 bits per heavy atom. The van der Waals surface area contributed by atoms with Gasteiger partial charge in [0.2, 0.25) is 0 Å². The average molecular weight is 445 g/mol. The molecule has 0 aliphatic carbocycles. The molecule has 164 valence electrons. The molecule has 0 saturated carbocycles. The van der Waals surface area contributed by atoms with Gasteiger partial charge in [0.1, 0.15) is 25.0 Å². The Balaban J connectivity index is 1.81. The van der Waals surface area contributed by atoms with Crippen molar-refractivity contribution in [3.8, 4) is 17.6 Å². The summed E-state index contributed by atoms with van der Waals surface area (Å²) in [5.41, 5.74) is 1.17. The maximum Gasteiger partial charge on any atom is 0.322 e. The summed E-state index contributed by atoms with van der Waals surface area (Å²) in [4.78, 5) is 11.6. The van der Waals surface area contributed by atoms with E-state index in [2.05, 4.69) is 17.2 Å². The first-order valence-corrected chi connectivity index (χ1v) is 11.2. The molecule has 9 heteroatoms. The maximum absolute atomic E-state index is 13.4. The van der Waals surface area contributed by atoms with Crippen LogP contribution in [0.5, 0.6) is 5.75 Å². The number of benzene rings is 2. The zero-order valence-electron chi connectivity index (χ0n) is 17.1. The van der Waals surface area contributed by atoms with Gasteiger partial charge in [0.15, 0.2) is 0 Å². The first kappa shape index (κ1) is 22.6. The fourth-order valence-electron chi connectivity index (χ4n) is 3.07. The summed E-state index contributed by atoms with van der Waals surface area (Å²) in [6.07, 6.45) is 0. The predicted molar refractivity (Wildman–Crippen MR) is 115 cm³/mol. The van der Waals surface area contributed by atoms with E-state index in [-0.39, 0.29) is 24.6 Å². The number of hydrogen-bond acceptors (Lipinski definition) is 6. The quantitative estimate of drug-likeness (QED) is 0.496. The molecule has 31 heavy (non-hydrogen) atoms. The Kier molecular flexibility index (Phi) is 7.52. The SMILES string of the molecule is CCOCC#CCOc1ccc(S(=O)(=O)N2CC(C(=O)O)NCc3ccccc32)cc1. The topological polar surface area (TPSA) is 105 Å². The number of aliphatic carboxylic acids is 1. The summed E-state index contributed by atoms with van der Waals surface area (Å²) in [6.45, 7) is 3.01. The van der Waals surface area contributed by atoms with E-state index in [9.17, 15) is 18.3 Å². The molecule has 0 aromatic heterocycles. The third-order valence-electron chi connectivity index (χ3n) is 4.67. The number of fused-ring (bicyclic) bond motifs is 1. The highest BCUT2D eigenvalue weighted by Crippen LogP contribution is 2.30. The summed E-state index contributed by atoms with van der Waals surface area (Å²) in [7, 11) is -3.99. The number of para-hydroxylation sites is 1. The number of hydrogen-bond donors (Lipinski definition) is 2. The van der Waals surface area contributed by atoms with Gasteiger partial charge in [0.05, 0.1) is 17.1 Å². The Bertz CT molecular complexity index is 1070. The fraction of sp³-hybridized carbons (Fsp3) is 0.318. The van der Waals surface area contributed by atoms with Crippen LogP contribution < -0.4 is 14.4 Å². The number of ether oxygens (including phenoxy) is 2. The second kappa shape index (κ2) is 10.3. The zero-order chi connectivity index (χ0) is 22.3. The molecule has 0 saturated heterocycles. The van der Waals surface area contributed by atoms with Crippen molar-refractivity contribution in [3.63, 3.8) is 0 Å². The highest BCUT2D eigenvalue weighted by Gasteiger charge is 2.33. The molecular weight excluding hydrogens is 420 g/mol. The van der Waals surface area contributed by atoms with Gasteiger partial charge < -0.3 is 14.6 Å². The van der Waals surface area contributed by atoms with Crippen LogP contribution in [-0.4, -0.2) is 51.9 Å². The molecule has 2 aromatic carbocycles. The second-order valence-electron chi connectivity index (χ2n) is 6.69. The first-order chi connectivity index (χ1) is 14.9. The lowest BCUT2D eigenvalue weighted by Crippen LogP contribution is -2.45. The molecule has 0 amide bonds. The Morgan fingerprint density at radius 2 is 1.87 bits per heavy atom. The van der Waals surface area contributed by atoms with Gasteiger partial charge in [-0.15, -0.1) is 0 Å². The van der Waals surface area contributed by atoms with E-state index in [0.29, 0.717) is 30.2 Å². The molecular formula is C22H24N2O6S. The van der Waals surface area contributed by atoms with Gasteiger partial charge in [0, 0.05) is 13.2 Å². The number of carboxylic acids is 1. The monoisotopic (exact) mass is 444 g/mol. The Labute approximate surface area is 181 Å². The third kappa shape index (κ3) is 5.55. The molecule has 2 aromatic rings. The largest absolute Gasteiger partial charge is 0.481 e. The van der Waals surface area contributed by atoms with E-state index in [1.807, 2.05) is 6.92 Å². The lowest BCUT2D eigenvalue weighted by Gasteiger charge is -2.26. The molecule has 0 fully saturated rings. The molecule has 0 bridgehead atoms. The lowest BCUT2D eigenvalue weighted by atomic mass is 10.2. The number of anilines is 1. The molecule has 3 rings (SSSR count). The van der Waals surface area contributed by atoms with Crippen LogP contribution in [0.25, 0.3) is 0 Å². The Hall–Kier alpha value is -3.06. The van der Waals surface area contributed by atoms with E-state index in [1.54, 1.807) is 36.4 Å². The van der Waals surface area contributed by atoms with Crippen molar-refractivity contribution in [2.45, 2.75) is 24.4 Å². The smallest absolute Gasteiger partial charge is 0.322 e. The van der Waals surface area contributed by atoms with Crippen LogP contribution in [0, 0.1) is 11.8 Å².